The van der Waals surface area contributed by atoms with Gasteiger partial charge in [0, 0.05) is 19.6 Å². The number of hydrogen-bond acceptors (Lipinski definition) is 4. The van der Waals surface area contributed by atoms with E-state index in [0.717, 1.165) is 17.5 Å². The van der Waals surface area contributed by atoms with Crippen molar-refractivity contribution >= 4 is 15.9 Å². The van der Waals surface area contributed by atoms with Crippen LogP contribution in [0.4, 0.5) is 0 Å². The summed E-state index contributed by atoms with van der Waals surface area (Å²) >= 11 is 0. The van der Waals surface area contributed by atoms with Crippen LogP contribution in [-0.2, 0) is 21.2 Å². The summed E-state index contributed by atoms with van der Waals surface area (Å²) in [4.78, 5) is 15.8. The lowest BCUT2D eigenvalue weighted by atomic mass is 9.95. The van der Waals surface area contributed by atoms with E-state index in [-0.39, 0.29) is 11.9 Å². The smallest absolute Gasteiger partial charge is 0.243 e. The molecule has 0 saturated carbocycles. The minimum Gasteiger partial charge on any atom is -0.323 e. The van der Waals surface area contributed by atoms with Crippen LogP contribution >= 0.6 is 0 Å². The number of nitrogens with zero attached hydrogens (tertiary/aromatic N) is 2. The van der Waals surface area contributed by atoms with Crippen LogP contribution in [0.25, 0.3) is 0 Å². The topological polar surface area (TPSA) is 69.7 Å². The zero-order valence-electron chi connectivity index (χ0n) is 19.8. The minimum absolute atomic E-state index is 0.133. The second-order valence-corrected chi connectivity index (χ2v) is 11.5. The predicted molar refractivity (Wildman–Crippen MR) is 130 cm³/mol. The summed E-state index contributed by atoms with van der Waals surface area (Å²) in [7, 11) is -3.54. The molecule has 178 valence electrons. The van der Waals surface area contributed by atoms with E-state index >= 15 is 0 Å². The van der Waals surface area contributed by atoms with E-state index in [1.165, 1.54) is 0 Å². The highest BCUT2D eigenvalue weighted by atomic mass is 32.2. The zero-order chi connectivity index (χ0) is 23.6. The summed E-state index contributed by atoms with van der Waals surface area (Å²) in [6, 6.07) is 16.8. The first-order chi connectivity index (χ1) is 15.7. The van der Waals surface area contributed by atoms with E-state index in [0.29, 0.717) is 49.7 Å². The van der Waals surface area contributed by atoms with Crippen LogP contribution in [-0.4, -0.2) is 54.9 Å². The van der Waals surface area contributed by atoms with Crippen LogP contribution in [0.1, 0.15) is 44.2 Å². The fraction of sp³-hybridized carbons (Fsp3) is 0.500. The lowest BCUT2D eigenvalue weighted by Gasteiger charge is -2.45. The zero-order valence-corrected chi connectivity index (χ0v) is 20.6. The van der Waals surface area contributed by atoms with Gasteiger partial charge in [0.1, 0.15) is 0 Å². The molecule has 2 aromatic carbocycles. The highest BCUT2D eigenvalue weighted by Crippen LogP contribution is 2.36. The second kappa shape index (κ2) is 9.57. The van der Waals surface area contributed by atoms with Crippen LogP contribution in [0.2, 0.25) is 0 Å². The molecule has 2 atom stereocenters. The third-order valence-electron chi connectivity index (χ3n) is 7.21. The highest BCUT2D eigenvalue weighted by molar-refractivity contribution is 7.89. The molecule has 0 aliphatic carbocycles. The molecular formula is C26H35N3O3S. The molecule has 2 aliphatic rings. The average Bonchev–Trinajstić information content (AvgIpc) is 3.05. The molecule has 1 amide bonds. The van der Waals surface area contributed by atoms with Gasteiger partial charge in [-0.15, -0.1) is 0 Å². The molecule has 1 N–H and O–H groups in total. The van der Waals surface area contributed by atoms with Gasteiger partial charge < -0.3 is 4.90 Å². The molecule has 2 heterocycles. The third kappa shape index (κ3) is 4.86. The summed E-state index contributed by atoms with van der Waals surface area (Å²) in [6.45, 7) is 7.74. The maximum absolute atomic E-state index is 13.5. The van der Waals surface area contributed by atoms with Gasteiger partial charge in [-0.2, -0.15) is 4.31 Å². The number of aryl methyl sites for hydroxylation is 1. The van der Waals surface area contributed by atoms with E-state index in [4.69, 9.17) is 0 Å². The minimum atomic E-state index is -3.54. The number of benzene rings is 2. The van der Waals surface area contributed by atoms with Crippen molar-refractivity contribution in [2.24, 2.45) is 5.92 Å². The molecule has 2 aromatic rings. The molecule has 2 aliphatic heterocycles. The maximum atomic E-state index is 13.5. The standard InChI is InChI=1S/C26H35N3O3S/c1-4-20(2)19-29-25(30)24(18-22-8-6-5-7-9-22)27-26(29)14-16-28(17-15-26)33(31,32)23-12-10-21(3)11-13-23/h5-13,20,24,27H,4,14-19H2,1-3H3/t20-,24-/m0/s1. The summed E-state index contributed by atoms with van der Waals surface area (Å²) in [5.74, 6) is 0.520. The average molecular weight is 470 g/mol. The van der Waals surface area contributed by atoms with Gasteiger partial charge >= 0.3 is 0 Å². The van der Waals surface area contributed by atoms with E-state index in [1.54, 1.807) is 16.4 Å². The van der Waals surface area contributed by atoms with Gasteiger partial charge in [-0.1, -0.05) is 68.3 Å². The molecular weight excluding hydrogens is 434 g/mol. The quantitative estimate of drug-likeness (QED) is 0.673. The molecule has 4 rings (SSSR count). The fourth-order valence-corrected chi connectivity index (χ4v) is 6.37. The number of piperidine rings is 1. The highest BCUT2D eigenvalue weighted by Gasteiger charge is 2.52. The number of hydrogen-bond donors (Lipinski definition) is 1. The van der Waals surface area contributed by atoms with Gasteiger partial charge in [-0.05, 0) is 49.8 Å². The van der Waals surface area contributed by atoms with E-state index in [2.05, 4.69) is 31.3 Å². The molecule has 7 heteroatoms. The number of rotatable bonds is 7. The number of amides is 1. The molecule has 1 spiro atoms. The molecule has 2 fully saturated rings. The number of nitrogens with one attached hydrogen (secondary N) is 1. The van der Waals surface area contributed by atoms with Gasteiger partial charge in [0.15, 0.2) is 0 Å². The van der Waals surface area contributed by atoms with Crippen LogP contribution in [0, 0.1) is 12.8 Å². The molecule has 0 radical (unpaired) electrons. The lowest BCUT2D eigenvalue weighted by molar-refractivity contribution is -0.134. The predicted octanol–water partition coefficient (Wildman–Crippen LogP) is 3.57. The van der Waals surface area contributed by atoms with Crippen molar-refractivity contribution in [2.75, 3.05) is 19.6 Å². The van der Waals surface area contributed by atoms with E-state index < -0.39 is 15.7 Å². The SMILES string of the molecule is CC[C@H](C)CN1C(=O)[C@H](Cc2ccccc2)NC12CCN(S(=O)(=O)c1ccc(C)cc1)CC2. The van der Waals surface area contributed by atoms with Crippen molar-refractivity contribution < 1.29 is 13.2 Å². The summed E-state index contributed by atoms with van der Waals surface area (Å²) < 4.78 is 28.0. The first-order valence-corrected chi connectivity index (χ1v) is 13.4. The Morgan fingerprint density at radius 2 is 1.70 bits per heavy atom. The van der Waals surface area contributed by atoms with Gasteiger partial charge in [-0.3, -0.25) is 10.1 Å². The van der Waals surface area contributed by atoms with Crippen LogP contribution in [0.3, 0.4) is 0 Å². The normalized spacial score (nSPS) is 22.1. The Morgan fingerprint density at radius 1 is 1.06 bits per heavy atom. The molecule has 0 bridgehead atoms. The van der Waals surface area contributed by atoms with Crippen LogP contribution in [0.15, 0.2) is 59.5 Å². The Morgan fingerprint density at radius 3 is 2.30 bits per heavy atom. The van der Waals surface area contributed by atoms with Crippen molar-refractivity contribution in [1.82, 2.24) is 14.5 Å². The molecule has 0 unspecified atom stereocenters. The fourth-order valence-electron chi connectivity index (χ4n) is 4.93. The van der Waals surface area contributed by atoms with Crippen LogP contribution < -0.4 is 5.32 Å². The third-order valence-corrected chi connectivity index (χ3v) is 9.12. The largest absolute Gasteiger partial charge is 0.323 e. The van der Waals surface area contributed by atoms with E-state index in [1.807, 2.05) is 42.2 Å². The maximum Gasteiger partial charge on any atom is 0.243 e. The Labute approximate surface area is 198 Å². The van der Waals surface area contributed by atoms with Crippen molar-refractivity contribution in [3.8, 4) is 0 Å². The van der Waals surface area contributed by atoms with Crippen molar-refractivity contribution in [1.29, 1.82) is 0 Å². The summed E-state index contributed by atoms with van der Waals surface area (Å²) in [5, 5.41) is 3.66. The number of carbonyl (C=O) groups excluding carboxylic acids is 1. The van der Waals surface area contributed by atoms with Gasteiger partial charge in [-0.25, -0.2) is 8.42 Å². The number of carbonyl (C=O) groups is 1. The summed E-state index contributed by atoms with van der Waals surface area (Å²) in [5.41, 5.74) is 1.67. The molecule has 2 saturated heterocycles. The summed E-state index contributed by atoms with van der Waals surface area (Å²) in [6.07, 6.45) is 2.82. The Bertz CT molecular complexity index is 1060. The Hall–Kier alpha value is -2.22. The van der Waals surface area contributed by atoms with Crippen molar-refractivity contribution in [3.63, 3.8) is 0 Å². The van der Waals surface area contributed by atoms with Gasteiger partial charge in [0.2, 0.25) is 15.9 Å². The van der Waals surface area contributed by atoms with Crippen molar-refractivity contribution in [2.45, 2.75) is 63.1 Å². The molecule has 6 nitrogen and oxygen atoms in total. The van der Waals surface area contributed by atoms with E-state index in [9.17, 15) is 13.2 Å². The Kier molecular flexibility index (Phi) is 6.93. The van der Waals surface area contributed by atoms with Gasteiger partial charge in [0.05, 0.1) is 16.6 Å². The van der Waals surface area contributed by atoms with Gasteiger partial charge in [0.25, 0.3) is 0 Å². The van der Waals surface area contributed by atoms with Crippen LogP contribution in [0.5, 0.6) is 0 Å². The van der Waals surface area contributed by atoms with Crippen molar-refractivity contribution in [3.05, 3.63) is 65.7 Å². The first-order valence-electron chi connectivity index (χ1n) is 11.9. The number of sulfonamides is 1. The molecule has 33 heavy (non-hydrogen) atoms. The molecule has 0 aromatic heterocycles. The lowest BCUT2D eigenvalue weighted by Crippen LogP contribution is -2.60. The first kappa shape index (κ1) is 23.9. The second-order valence-electron chi connectivity index (χ2n) is 9.60. The monoisotopic (exact) mass is 469 g/mol. The Balaban J connectivity index is 1.53.